The average molecular weight is 772 g/mol. The van der Waals surface area contributed by atoms with Crippen LogP contribution >= 0.6 is 34.8 Å². The quantitative estimate of drug-likeness (QED) is 0.0785. The fourth-order valence-corrected chi connectivity index (χ4v) is 8.93. The fourth-order valence-electron chi connectivity index (χ4n) is 7.87. The van der Waals surface area contributed by atoms with Gasteiger partial charge in [0.2, 0.25) is 23.4 Å². The minimum absolute atomic E-state index is 0.0114. The van der Waals surface area contributed by atoms with Gasteiger partial charge in [-0.3, -0.25) is 24.1 Å². The van der Waals surface area contributed by atoms with E-state index in [0.29, 0.717) is 5.02 Å². The van der Waals surface area contributed by atoms with Crippen molar-refractivity contribution in [3.05, 3.63) is 87.7 Å². The molecule has 4 amide bonds. The Kier molecular flexibility index (Phi) is 8.12. The summed E-state index contributed by atoms with van der Waals surface area (Å²) in [5.41, 5.74) is -1.51. The van der Waals surface area contributed by atoms with Gasteiger partial charge < -0.3 is 14.6 Å². The number of ether oxygens (including phenoxy) is 2. The molecule has 3 fully saturated rings. The SMILES string of the molecule is COc1cc(C2C3=CCC4C(=O)N(c5ccc(Cl)cc5)C(=O)C4C3CC3(Cl)C(=O)N(c4c(F)c(F)c(F)c(F)c4F)C(=O)C23Cl)cc(OC)c1O. The van der Waals surface area contributed by atoms with Crippen molar-refractivity contribution in [3.8, 4) is 17.2 Å². The molecule has 0 bridgehead atoms. The monoisotopic (exact) mass is 770 g/mol. The van der Waals surface area contributed by atoms with Crippen LogP contribution in [0.5, 0.6) is 17.2 Å². The third-order valence-electron chi connectivity index (χ3n) is 10.1. The lowest BCUT2D eigenvalue weighted by Gasteiger charge is -2.50. The van der Waals surface area contributed by atoms with Gasteiger partial charge in [0.15, 0.2) is 44.5 Å². The summed E-state index contributed by atoms with van der Waals surface area (Å²) in [5.74, 6) is -22.8. The van der Waals surface area contributed by atoms with Crippen LogP contribution in [-0.4, -0.2) is 52.7 Å². The van der Waals surface area contributed by atoms with Gasteiger partial charge in [-0.25, -0.2) is 26.9 Å². The number of fused-ring (bicyclic) bond motifs is 4. The van der Waals surface area contributed by atoms with Crippen molar-refractivity contribution in [2.75, 3.05) is 24.0 Å². The molecule has 3 aromatic rings. The molecule has 2 saturated heterocycles. The van der Waals surface area contributed by atoms with E-state index in [0.717, 1.165) is 4.90 Å². The van der Waals surface area contributed by atoms with Crippen LogP contribution in [-0.2, 0) is 19.2 Å². The molecule has 7 rings (SSSR count). The summed E-state index contributed by atoms with van der Waals surface area (Å²) < 4.78 is 84.1. The Bertz CT molecular complexity index is 2080. The van der Waals surface area contributed by atoms with Gasteiger partial charge in [-0.1, -0.05) is 23.3 Å². The smallest absolute Gasteiger partial charge is 0.258 e. The van der Waals surface area contributed by atoms with Crippen molar-refractivity contribution in [1.29, 1.82) is 0 Å². The molecule has 4 aliphatic rings. The van der Waals surface area contributed by atoms with Gasteiger partial charge in [0.05, 0.1) is 31.7 Å². The first kappa shape index (κ1) is 35.0. The molecular formula is C34H22Cl3F5N2O7. The van der Waals surface area contributed by atoms with Crippen LogP contribution in [0.4, 0.5) is 33.3 Å². The van der Waals surface area contributed by atoms with E-state index in [4.69, 9.17) is 44.3 Å². The van der Waals surface area contributed by atoms with E-state index in [1.54, 1.807) is 0 Å². The zero-order valence-electron chi connectivity index (χ0n) is 26.1. The number of carbonyl (C=O) groups excluding carboxylic acids is 4. The first-order valence-corrected chi connectivity index (χ1v) is 16.2. The van der Waals surface area contributed by atoms with Crippen LogP contribution in [0.3, 0.4) is 0 Å². The molecule has 6 atom stereocenters. The maximum Gasteiger partial charge on any atom is 0.258 e. The predicted molar refractivity (Wildman–Crippen MR) is 172 cm³/mol. The Morgan fingerprint density at radius 2 is 1.33 bits per heavy atom. The molecule has 2 aliphatic heterocycles. The molecular weight excluding hydrogens is 750 g/mol. The number of benzene rings is 3. The third-order valence-corrected chi connectivity index (χ3v) is 11.8. The summed E-state index contributed by atoms with van der Waals surface area (Å²) in [6, 6.07) is 8.29. The van der Waals surface area contributed by atoms with Crippen LogP contribution < -0.4 is 19.3 Å². The minimum Gasteiger partial charge on any atom is -0.502 e. The summed E-state index contributed by atoms with van der Waals surface area (Å²) in [6.07, 6.45) is 0.788. The maximum absolute atomic E-state index is 15.3. The summed E-state index contributed by atoms with van der Waals surface area (Å²) in [6.45, 7) is 0. The third kappa shape index (κ3) is 4.51. The second-order valence-electron chi connectivity index (χ2n) is 12.5. The zero-order chi connectivity index (χ0) is 37.1. The highest BCUT2D eigenvalue weighted by molar-refractivity contribution is 6.58. The molecule has 0 radical (unpaired) electrons. The molecule has 9 nitrogen and oxygen atoms in total. The van der Waals surface area contributed by atoms with Crippen molar-refractivity contribution in [2.24, 2.45) is 17.8 Å². The highest BCUT2D eigenvalue weighted by atomic mass is 35.5. The van der Waals surface area contributed by atoms with Gasteiger partial charge in [0.1, 0.15) is 5.69 Å². The number of phenolic OH excluding ortho intramolecular Hbond substituents is 1. The molecule has 51 heavy (non-hydrogen) atoms. The highest BCUT2D eigenvalue weighted by Crippen LogP contribution is 2.66. The van der Waals surface area contributed by atoms with Gasteiger partial charge in [-0.15, -0.1) is 23.2 Å². The number of amides is 4. The van der Waals surface area contributed by atoms with Crippen molar-refractivity contribution in [3.63, 3.8) is 0 Å². The first-order chi connectivity index (χ1) is 24.0. The van der Waals surface area contributed by atoms with Gasteiger partial charge in [0, 0.05) is 10.9 Å². The fraction of sp³-hybridized carbons (Fsp3) is 0.294. The predicted octanol–water partition coefficient (Wildman–Crippen LogP) is 6.53. The normalized spacial score (nSPS) is 28.5. The first-order valence-electron chi connectivity index (χ1n) is 15.1. The van der Waals surface area contributed by atoms with Crippen LogP contribution in [0, 0.1) is 46.8 Å². The number of methoxy groups -OCH3 is 2. The molecule has 0 aromatic heterocycles. The molecule has 2 heterocycles. The largest absolute Gasteiger partial charge is 0.502 e. The number of hydrogen-bond donors (Lipinski definition) is 1. The Balaban J connectivity index is 1.46. The minimum atomic E-state index is -2.77. The average Bonchev–Trinajstić information content (AvgIpc) is 3.45. The highest BCUT2D eigenvalue weighted by Gasteiger charge is 2.77. The summed E-state index contributed by atoms with van der Waals surface area (Å²) in [5, 5.41) is 11.0. The standard InChI is InChI=1S/C34H22Cl3F5N2O7/c1-50-18-9-12(10-19(51-2)28(18)45)21-15-7-8-16-20(30(47)43(29(16)46)14-5-3-13(35)4-6-14)17(15)11-33(36)31(48)44(32(49)34(21,33)37)27-25(41)23(39)22(38)24(40)26(27)42/h3-7,9-10,16-17,20-21,45H,8,11H2,1-2H3. The van der Waals surface area contributed by atoms with E-state index in [9.17, 15) is 37.5 Å². The number of anilines is 2. The number of phenols is 1. The summed E-state index contributed by atoms with van der Waals surface area (Å²) >= 11 is 20.3. The summed E-state index contributed by atoms with van der Waals surface area (Å²) in [7, 11) is 2.39. The number of imide groups is 2. The van der Waals surface area contributed by atoms with Crippen LogP contribution in [0.1, 0.15) is 24.3 Å². The molecule has 3 aromatic carbocycles. The van der Waals surface area contributed by atoms with Gasteiger partial charge >= 0.3 is 0 Å². The number of allylic oxidation sites excluding steroid dienone is 2. The number of aromatic hydroxyl groups is 1. The Morgan fingerprint density at radius 1 is 0.784 bits per heavy atom. The molecule has 6 unspecified atom stereocenters. The Labute approximate surface area is 300 Å². The second kappa shape index (κ2) is 11.8. The van der Waals surface area contributed by atoms with Crippen molar-refractivity contribution in [2.45, 2.75) is 28.5 Å². The maximum atomic E-state index is 15.3. The molecule has 2 aliphatic carbocycles. The van der Waals surface area contributed by atoms with Crippen molar-refractivity contribution < 1.29 is 55.7 Å². The van der Waals surface area contributed by atoms with E-state index < -0.39 is 104 Å². The van der Waals surface area contributed by atoms with E-state index in [-0.39, 0.29) is 39.6 Å². The lowest BCUT2D eigenvalue weighted by Crippen LogP contribution is -2.60. The van der Waals surface area contributed by atoms with E-state index in [2.05, 4.69) is 0 Å². The van der Waals surface area contributed by atoms with Crippen LogP contribution in [0.2, 0.25) is 5.02 Å². The Hall–Kier alpha value is -4.40. The van der Waals surface area contributed by atoms with Gasteiger partial charge in [-0.05, 0) is 60.7 Å². The number of carbonyl (C=O) groups is 4. The van der Waals surface area contributed by atoms with E-state index >= 15 is 8.78 Å². The van der Waals surface area contributed by atoms with Crippen LogP contribution in [0.15, 0.2) is 48.0 Å². The number of rotatable bonds is 5. The van der Waals surface area contributed by atoms with Crippen molar-refractivity contribution >= 4 is 69.8 Å². The van der Waals surface area contributed by atoms with Gasteiger partial charge in [-0.2, -0.15) is 0 Å². The zero-order valence-corrected chi connectivity index (χ0v) is 28.3. The van der Waals surface area contributed by atoms with Gasteiger partial charge in [0.25, 0.3) is 11.8 Å². The number of hydrogen-bond acceptors (Lipinski definition) is 7. The molecule has 266 valence electrons. The number of halogens is 8. The van der Waals surface area contributed by atoms with Crippen LogP contribution in [0.25, 0.3) is 0 Å². The number of nitrogens with zero attached hydrogens (tertiary/aromatic N) is 2. The number of alkyl halides is 2. The second-order valence-corrected chi connectivity index (χ2v) is 14.1. The van der Waals surface area contributed by atoms with Crippen molar-refractivity contribution in [1.82, 2.24) is 0 Å². The lowest BCUT2D eigenvalue weighted by molar-refractivity contribution is -0.125. The topological polar surface area (TPSA) is 113 Å². The molecule has 1 saturated carbocycles. The molecule has 0 spiro atoms. The Morgan fingerprint density at radius 3 is 1.88 bits per heavy atom. The lowest BCUT2D eigenvalue weighted by atomic mass is 9.56. The van der Waals surface area contributed by atoms with E-state index in [1.165, 1.54) is 56.7 Å². The molecule has 1 N–H and O–H groups in total. The van der Waals surface area contributed by atoms with E-state index in [1.807, 2.05) is 0 Å². The molecule has 17 heteroatoms. The summed E-state index contributed by atoms with van der Waals surface area (Å²) in [4.78, 5) is 52.0.